The summed E-state index contributed by atoms with van der Waals surface area (Å²) < 4.78 is 0. The Bertz CT molecular complexity index is 683. The van der Waals surface area contributed by atoms with Gasteiger partial charge in [-0.05, 0) is 31.5 Å². The monoisotopic (exact) mass is 287 g/mol. The van der Waals surface area contributed by atoms with Gasteiger partial charge in [0, 0.05) is 27.5 Å². The fourth-order valence-corrected chi connectivity index (χ4v) is 2.85. The van der Waals surface area contributed by atoms with Gasteiger partial charge in [-0.1, -0.05) is 30.0 Å². The van der Waals surface area contributed by atoms with E-state index in [1.54, 1.807) is 6.07 Å². The molecule has 102 valence electrons. The van der Waals surface area contributed by atoms with E-state index in [9.17, 15) is 14.9 Å². The Morgan fingerprint density at radius 1 is 1.15 bits per heavy atom. The zero-order chi connectivity index (χ0) is 14.7. The highest BCUT2D eigenvalue weighted by Crippen LogP contribution is 2.34. The fraction of sp³-hybridized carbons (Fsp3) is 0.133. The number of ketones is 1. The molecule has 0 saturated carbocycles. The van der Waals surface area contributed by atoms with Gasteiger partial charge in [0.15, 0.2) is 5.78 Å². The number of carbonyl (C=O) groups excluding carboxylic acids is 1. The van der Waals surface area contributed by atoms with Crippen molar-refractivity contribution in [2.45, 2.75) is 23.6 Å². The van der Waals surface area contributed by atoms with Crippen molar-refractivity contribution in [3.8, 4) is 0 Å². The number of aryl methyl sites for hydroxylation is 1. The minimum Gasteiger partial charge on any atom is -0.294 e. The summed E-state index contributed by atoms with van der Waals surface area (Å²) in [5.74, 6) is -0.176. The van der Waals surface area contributed by atoms with Gasteiger partial charge in [0.2, 0.25) is 0 Å². The maximum Gasteiger partial charge on any atom is 0.270 e. The Hall–Kier alpha value is -2.14. The Morgan fingerprint density at radius 2 is 1.85 bits per heavy atom. The molecule has 4 nitrogen and oxygen atoms in total. The number of rotatable bonds is 4. The van der Waals surface area contributed by atoms with Gasteiger partial charge in [0.05, 0.1) is 4.92 Å². The topological polar surface area (TPSA) is 60.2 Å². The van der Waals surface area contributed by atoms with E-state index in [-0.39, 0.29) is 11.5 Å². The molecule has 0 bridgehead atoms. The van der Waals surface area contributed by atoms with Gasteiger partial charge in [-0.3, -0.25) is 14.9 Å². The molecule has 0 heterocycles. The zero-order valence-electron chi connectivity index (χ0n) is 11.1. The predicted octanol–water partition coefficient (Wildman–Crippen LogP) is 4.26. The molecule has 0 amide bonds. The quantitative estimate of drug-likeness (QED) is 0.479. The summed E-state index contributed by atoms with van der Waals surface area (Å²) >= 11 is 1.45. The molecule has 0 N–H and O–H groups in total. The van der Waals surface area contributed by atoms with Crippen LogP contribution in [0, 0.1) is 17.0 Å². The third kappa shape index (κ3) is 3.05. The molecule has 0 aliphatic carbocycles. The molecule has 0 unspecified atom stereocenters. The normalized spacial score (nSPS) is 10.3. The van der Waals surface area contributed by atoms with Gasteiger partial charge < -0.3 is 0 Å². The Balaban J connectivity index is 2.44. The summed E-state index contributed by atoms with van der Waals surface area (Å²) in [6.07, 6.45) is 0. The van der Waals surface area contributed by atoms with Crippen molar-refractivity contribution in [2.24, 2.45) is 0 Å². The first-order chi connectivity index (χ1) is 9.49. The maximum atomic E-state index is 11.7. The van der Waals surface area contributed by atoms with Gasteiger partial charge in [0.1, 0.15) is 0 Å². The van der Waals surface area contributed by atoms with Crippen molar-refractivity contribution in [1.82, 2.24) is 0 Å². The first kappa shape index (κ1) is 14.3. The number of nitro groups is 1. The summed E-state index contributed by atoms with van der Waals surface area (Å²) in [6, 6.07) is 12.2. The van der Waals surface area contributed by atoms with Gasteiger partial charge in [-0.15, -0.1) is 0 Å². The van der Waals surface area contributed by atoms with Crippen LogP contribution in [-0.2, 0) is 0 Å². The molecule has 0 atom stereocenters. The molecule has 5 heteroatoms. The molecular formula is C15H13NO3S. The highest BCUT2D eigenvalue weighted by Gasteiger charge is 2.15. The highest BCUT2D eigenvalue weighted by molar-refractivity contribution is 7.99. The zero-order valence-corrected chi connectivity index (χ0v) is 11.9. The standard InChI is InChI=1S/C15H13NO3S/c1-10-5-3-4-6-14(10)20-15-8-7-12(16(18)19)9-13(15)11(2)17/h3-9H,1-2H3. The minimum atomic E-state index is -0.491. The second kappa shape index (κ2) is 5.88. The van der Waals surface area contributed by atoms with Crippen LogP contribution in [0.4, 0.5) is 5.69 Å². The summed E-state index contributed by atoms with van der Waals surface area (Å²) in [5, 5.41) is 10.8. The number of carbonyl (C=O) groups is 1. The lowest BCUT2D eigenvalue weighted by molar-refractivity contribution is -0.384. The van der Waals surface area contributed by atoms with Gasteiger partial charge in [-0.25, -0.2) is 0 Å². The third-order valence-corrected chi connectivity index (χ3v) is 4.12. The van der Waals surface area contributed by atoms with E-state index in [0.717, 1.165) is 15.4 Å². The molecule has 0 aliphatic heterocycles. The molecular weight excluding hydrogens is 274 g/mol. The fourth-order valence-electron chi connectivity index (χ4n) is 1.79. The van der Waals surface area contributed by atoms with Crippen LogP contribution in [0.2, 0.25) is 0 Å². The Kier molecular flexibility index (Phi) is 4.20. The van der Waals surface area contributed by atoms with E-state index in [2.05, 4.69) is 0 Å². The number of nitro benzene ring substituents is 1. The van der Waals surface area contributed by atoms with E-state index in [1.807, 2.05) is 31.2 Å². The van der Waals surface area contributed by atoms with Crippen molar-refractivity contribution in [3.63, 3.8) is 0 Å². The van der Waals surface area contributed by atoms with Crippen molar-refractivity contribution < 1.29 is 9.72 Å². The summed E-state index contributed by atoms with van der Waals surface area (Å²) in [5.41, 5.74) is 1.42. The molecule has 20 heavy (non-hydrogen) atoms. The summed E-state index contributed by atoms with van der Waals surface area (Å²) in [7, 11) is 0. The van der Waals surface area contributed by atoms with Crippen LogP contribution in [0.3, 0.4) is 0 Å². The smallest absolute Gasteiger partial charge is 0.270 e. The van der Waals surface area contributed by atoms with Crippen molar-refractivity contribution >= 4 is 23.2 Å². The third-order valence-electron chi connectivity index (χ3n) is 2.87. The largest absolute Gasteiger partial charge is 0.294 e. The SMILES string of the molecule is CC(=O)c1cc([N+](=O)[O-])ccc1Sc1ccccc1C. The van der Waals surface area contributed by atoms with Crippen LogP contribution in [-0.4, -0.2) is 10.7 Å². The number of Topliss-reactive ketones (excluding diaryl/α,β-unsaturated/α-hetero) is 1. The highest BCUT2D eigenvalue weighted by atomic mass is 32.2. The number of benzene rings is 2. The molecule has 0 saturated heterocycles. The second-order valence-corrected chi connectivity index (χ2v) is 5.45. The average Bonchev–Trinajstić information content (AvgIpc) is 2.41. The molecule has 0 radical (unpaired) electrons. The van der Waals surface area contributed by atoms with E-state index < -0.39 is 4.92 Å². The molecule has 0 aliphatic rings. The van der Waals surface area contributed by atoms with Gasteiger partial charge >= 0.3 is 0 Å². The Labute approximate surface area is 121 Å². The second-order valence-electron chi connectivity index (χ2n) is 4.36. The van der Waals surface area contributed by atoms with Crippen molar-refractivity contribution in [2.75, 3.05) is 0 Å². The average molecular weight is 287 g/mol. The van der Waals surface area contributed by atoms with E-state index >= 15 is 0 Å². The van der Waals surface area contributed by atoms with Crippen molar-refractivity contribution in [3.05, 3.63) is 63.7 Å². The summed E-state index contributed by atoms with van der Waals surface area (Å²) in [4.78, 5) is 23.7. The maximum absolute atomic E-state index is 11.7. The van der Waals surface area contributed by atoms with Crippen LogP contribution < -0.4 is 0 Å². The van der Waals surface area contributed by atoms with Crippen LogP contribution in [0.15, 0.2) is 52.3 Å². The van der Waals surface area contributed by atoms with E-state index in [4.69, 9.17) is 0 Å². The first-order valence-electron chi connectivity index (χ1n) is 6.02. The first-order valence-corrected chi connectivity index (χ1v) is 6.83. The van der Waals surface area contributed by atoms with Gasteiger partial charge in [-0.2, -0.15) is 0 Å². The lowest BCUT2D eigenvalue weighted by atomic mass is 10.1. The van der Waals surface area contributed by atoms with Crippen LogP contribution >= 0.6 is 11.8 Å². The van der Waals surface area contributed by atoms with Crippen molar-refractivity contribution in [1.29, 1.82) is 0 Å². The molecule has 0 aromatic heterocycles. The molecule has 2 aromatic rings. The minimum absolute atomic E-state index is 0.0654. The Morgan fingerprint density at radius 3 is 2.45 bits per heavy atom. The number of non-ortho nitro benzene ring substituents is 1. The summed E-state index contributed by atoms with van der Waals surface area (Å²) in [6.45, 7) is 3.40. The van der Waals surface area contributed by atoms with Crippen LogP contribution in [0.5, 0.6) is 0 Å². The molecule has 2 rings (SSSR count). The lowest BCUT2D eigenvalue weighted by Crippen LogP contribution is -1.98. The number of nitrogens with zero attached hydrogens (tertiary/aromatic N) is 1. The lowest BCUT2D eigenvalue weighted by Gasteiger charge is -2.08. The molecule has 0 spiro atoms. The van der Waals surface area contributed by atoms with E-state index in [0.29, 0.717) is 5.56 Å². The molecule has 0 fully saturated rings. The van der Waals surface area contributed by atoms with Crippen LogP contribution in [0.1, 0.15) is 22.8 Å². The van der Waals surface area contributed by atoms with Gasteiger partial charge in [0.25, 0.3) is 5.69 Å². The van der Waals surface area contributed by atoms with Crippen LogP contribution in [0.25, 0.3) is 0 Å². The number of hydrogen-bond acceptors (Lipinski definition) is 4. The number of hydrogen-bond donors (Lipinski definition) is 0. The van der Waals surface area contributed by atoms with E-state index in [1.165, 1.54) is 30.8 Å². The molecule has 2 aromatic carbocycles. The predicted molar refractivity (Wildman–Crippen MR) is 78.4 cm³/mol.